The molecule has 0 bridgehead atoms. The van der Waals surface area contributed by atoms with Crippen LogP contribution in [0.1, 0.15) is 17.3 Å². The summed E-state index contributed by atoms with van der Waals surface area (Å²) >= 11 is 0. The van der Waals surface area contributed by atoms with Crippen LogP contribution in [0.2, 0.25) is 0 Å². The summed E-state index contributed by atoms with van der Waals surface area (Å²) in [5, 5.41) is 8.08. The molecule has 27 heavy (non-hydrogen) atoms. The number of carbonyl (C=O) groups is 1. The molecular formula is C21H19N5O. The summed E-state index contributed by atoms with van der Waals surface area (Å²) in [7, 11) is 0. The zero-order valence-electron chi connectivity index (χ0n) is 14.9. The van der Waals surface area contributed by atoms with E-state index in [4.69, 9.17) is 4.98 Å². The van der Waals surface area contributed by atoms with Crippen LogP contribution in [-0.2, 0) is 6.54 Å². The van der Waals surface area contributed by atoms with Crippen LogP contribution in [-0.4, -0.2) is 31.7 Å². The number of pyridine rings is 2. The Balaban J connectivity index is 1.68. The van der Waals surface area contributed by atoms with Crippen LogP contribution in [0.4, 0.5) is 0 Å². The molecule has 0 radical (unpaired) electrons. The third-order valence-corrected chi connectivity index (χ3v) is 4.32. The van der Waals surface area contributed by atoms with Gasteiger partial charge in [-0.25, -0.2) is 4.98 Å². The molecule has 4 rings (SSSR count). The molecule has 0 fully saturated rings. The van der Waals surface area contributed by atoms with Crippen LogP contribution in [0.15, 0.2) is 73.3 Å². The first kappa shape index (κ1) is 16.9. The van der Waals surface area contributed by atoms with Gasteiger partial charge in [0.15, 0.2) is 0 Å². The number of hydrogen-bond acceptors (Lipinski definition) is 4. The minimum atomic E-state index is -0.126. The van der Waals surface area contributed by atoms with Gasteiger partial charge in [0, 0.05) is 41.8 Å². The van der Waals surface area contributed by atoms with Gasteiger partial charge in [0.1, 0.15) is 0 Å². The zero-order valence-corrected chi connectivity index (χ0v) is 14.9. The van der Waals surface area contributed by atoms with E-state index >= 15 is 0 Å². The predicted octanol–water partition coefficient (Wildman–Crippen LogP) is 3.31. The van der Waals surface area contributed by atoms with E-state index in [0.29, 0.717) is 12.1 Å². The second kappa shape index (κ2) is 7.37. The van der Waals surface area contributed by atoms with Gasteiger partial charge >= 0.3 is 0 Å². The van der Waals surface area contributed by atoms with E-state index in [2.05, 4.69) is 15.4 Å². The molecule has 6 heteroatoms. The molecule has 4 aromatic rings. The van der Waals surface area contributed by atoms with Crippen molar-refractivity contribution in [1.29, 1.82) is 0 Å². The van der Waals surface area contributed by atoms with Gasteiger partial charge in [-0.3, -0.25) is 14.5 Å². The molecule has 0 spiro atoms. The second-order valence-electron chi connectivity index (χ2n) is 6.42. The molecular weight excluding hydrogens is 338 g/mol. The number of benzene rings is 1. The van der Waals surface area contributed by atoms with Crippen molar-refractivity contribution in [2.45, 2.75) is 19.5 Å². The smallest absolute Gasteiger partial charge is 0.252 e. The number of nitrogens with one attached hydrogen (secondary N) is 1. The Morgan fingerprint density at radius 1 is 1.15 bits per heavy atom. The number of hydrogen-bond donors (Lipinski definition) is 1. The summed E-state index contributed by atoms with van der Waals surface area (Å²) in [4.78, 5) is 21.8. The molecule has 0 aliphatic heterocycles. The monoisotopic (exact) mass is 357 g/mol. The summed E-state index contributed by atoms with van der Waals surface area (Å²) in [6, 6.07) is 15.1. The fourth-order valence-corrected chi connectivity index (χ4v) is 3.06. The molecule has 3 heterocycles. The van der Waals surface area contributed by atoms with Gasteiger partial charge in [-0.2, -0.15) is 5.10 Å². The number of para-hydroxylation sites is 1. The minimum Gasteiger partial charge on any atom is -0.348 e. The SMILES string of the molecule is C[C@H](Cn1cccn1)NC(=O)c1cc(-c2cccnc2)nc2ccccc12. The van der Waals surface area contributed by atoms with Gasteiger partial charge in [0.05, 0.1) is 23.3 Å². The first-order valence-corrected chi connectivity index (χ1v) is 8.79. The molecule has 134 valence electrons. The second-order valence-corrected chi connectivity index (χ2v) is 6.42. The van der Waals surface area contributed by atoms with Crippen molar-refractivity contribution in [3.63, 3.8) is 0 Å². The lowest BCUT2D eigenvalue weighted by Gasteiger charge is -2.15. The summed E-state index contributed by atoms with van der Waals surface area (Å²) in [5.41, 5.74) is 2.99. The fraction of sp³-hybridized carbons (Fsp3) is 0.143. The van der Waals surface area contributed by atoms with Crippen LogP contribution >= 0.6 is 0 Å². The Kier molecular flexibility index (Phi) is 4.61. The van der Waals surface area contributed by atoms with Gasteiger partial charge in [0.25, 0.3) is 5.91 Å². The van der Waals surface area contributed by atoms with E-state index in [0.717, 1.165) is 22.2 Å². The van der Waals surface area contributed by atoms with Gasteiger partial charge in [0.2, 0.25) is 0 Å². The Hall–Kier alpha value is -3.54. The van der Waals surface area contributed by atoms with Gasteiger partial charge < -0.3 is 5.32 Å². The summed E-state index contributed by atoms with van der Waals surface area (Å²) in [6.07, 6.45) is 7.07. The van der Waals surface area contributed by atoms with Crippen LogP contribution in [0.25, 0.3) is 22.2 Å². The highest BCUT2D eigenvalue weighted by Gasteiger charge is 2.16. The van der Waals surface area contributed by atoms with E-state index in [1.807, 2.05) is 61.7 Å². The van der Waals surface area contributed by atoms with E-state index in [-0.39, 0.29) is 11.9 Å². The Morgan fingerprint density at radius 3 is 2.81 bits per heavy atom. The molecule has 3 aromatic heterocycles. The molecule has 0 saturated carbocycles. The van der Waals surface area contributed by atoms with Crippen molar-refractivity contribution in [2.24, 2.45) is 0 Å². The highest BCUT2D eigenvalue weighted by Crippen LogP contribution is 2.24. The largest absolute Gasteiger partial charge is 0.348 e. The van der Waals surface area contributed by atoms with E-state index < -0.39 is 0 Å². The molecule has 0 aliphatic carbocycles. The first-order chi connectivity index (χ1) is 13.2. The Labute approximate surface area is 156 Å². The standard InChI is InChI=1S/C21H19N5O/c1-15(14-26-11-5-10-23-26)24-21(27)18-12-20(16-6-4-9-22-13-16)25-19-8-3-2-7-17(18)19/h2-13,15H,14H2,1H3,(H,24,27)/t15-/m1/s1. The minimum absolute atomic E-state index is 0.0637. The maximum atomic E-state index is 13.0. The molecule has 0 unspecified atom stereocenters. The number of nitrogens with zero attached hydrogens (tertiary/aromatic N) is 4. The maximum Gasteiger partial charge on any atom is 0.252 e. The van der Waals surface area contributed by atoms with Crippen molar-refractivity contribution in [2.75, 3.05) is 0 Å². The number of fused-ring (bicyclic) bond motifs is 1. The molecule has 1 N–H and O–H groups in total. The number of carbonyl (C=O) groups excluding carboxylic acids is 1. The number of aromatic nitrogens is 4. The van der Waals surface area contributed by atoms with Crippen molar-refractivity contribution in [3.05, 3.63) is 78.9 Å². The number of rotatable bonds is 5. The lowest BCUT2D eigenvalue weighted by Crippen LogP contribution is -2.36. The molecule has 0 aliphatic rings. The van der Waals surface area contributed by atoms with E-state index in [1.165, 1.54) is 0 Å². The topological polar surface area (TPSA) is 72.7 Å². The fourth-order valence-electron chi connectivity index (χ4n) is 3.06. The Bertz CT molecular complexity index is 1060. The van der Waals surface area contributed by atoms with Crippen LogP contribution in [0, 0.1) is 0 Å². The molecule has 6 nitrogen and oxygen atoms in total. The van der Waals surface area contributed by atoms with Crippen LogP contribution < -0.4 is 5.32 Å². The van der Waals surface area contributed by atoms with Gasteiger partial charge in [-0.05, 0) is 37.3 Å². The lowest BCUT2D eigenvalue weighted by atomic mass is 10.0. The normalized spacial score (nSPS) is 12.0. The summed E-state index contributed by atoms with van der Waals surface area (Å²) in [5.74, 6) is -0.126. The van der Waals surface area contributed by atoms with Gasteiger partial charge in [-0.1, -0.05) is 18.2 Å². The van der Waals surface area contributed by atoms with Crippen molar-refractivity contribution < 1.29 is 4.79 Å². The average Bonchev–Trinajstić information content (AvgIpc) is 3.20. The first-order valence-electron chi connectivity index (χ1n) is 8.79. The quantitative estimate of drug-likeness (QED) is 0.595. The van der Waals surface area contributed by atoms with Crippen molar-refractivity contribution >= 4 is 16.8 Å². The van der Waals surface area contributed by atoms with Crippen molar-refractivity contribution in [1.82, 2.24) is 25.1 Å². The highest BCUT2D eigenvalue weighted by atomic mass is 16.1. The molecule has 1 amide bonds. The Morgan fingerprint density at radius 2 is 2.04 bits per heavy atom. The molecule has 0 saturated heterocycles. The van der Waals surface area contributed by atoms with Crippen LogP contribution in [0.5, 0.6) is 0 Å². The molecule has 1 atom stereocenters. The lowest BCUT2D eigenvalue weighted by molar-refractivity contribution is 0.0937. The summed E-state index contributed by atoms with van der Waals surface area (Å²) < 4.78 is 1.80. The van der Waals surface area contributed by atoms with Gasteiger partial charge in [-0.15, -0.1) is 0 Å². The van der Waals surface area contributed by atoms with E-state index in [9.17, 15) is 4.79 Å². The maximum absolute atomic E-state index is 13.0. The third-order valence-electron chi connectivity index (χ3n) is 4.32. The summed E-state index contributed by atoms with van der Waals surface area (Å²) in [6.45, 7) is 2.57. The number of amides is 1. The average molecular weight is 357 g/mol. The van der Waals surface area contributed by atoms with Crippen LogP contribution in [0.3, 0.4) is 0 Å². The molecule has 1 aromatic carbocycles. The highest BCUT2D eigenvalue weighted by molar-refractivity contribution is 6.07. The van der Waals surface area contributed by atoms with E-state index in [1.54, 1.807) is 23.3 Å². The predicted molar refractivity (Wildman–Crippen MR) is 104 cm³/mol. The zero-order chi connectivity index (χ0) is 18.6. The van der Waals surface area contributed by atoms with Crippen molar-refractivity contribution in [3.8, 4) is 11.3 Å². The third kappa shape index (κ3) is 3.69.